The molecule has 0 unspecified atom stereocenters. The van der Waals surface area contributed by atoms with Gasteiger partial charge in [0.15, 0.2) is 6.29 Å². The average Bonchev–Trinajstić information content (AvgIpc) is 2.56. The van der Waals surface area contributed by atoms with Gasteiger partial charge in [-0.1, -0.05) is 0 Å². The first-order valence-electron chi connectivity index (χ1n) is 4.25. The highest BCUT2D eigenvalue weighted by atomic mass is 16.6. The summed E-state index contributed by atoms with van der Waals surface area (Å²) in [7, 11) is 0. The van der Waals surface area contributed by atoms with Gasteiger partial charge in [0.25, 0.3) is 5.69 Å². The third-order valence-electron chi connectivity index (χ3n) is 2.09. The Bertz CT molecular complexity index is 556. The van der Waals surface area contributed by atoms with Crippen molar-refractivity contribution in [2.75, 3.05) is 0 Å². The van der Waals surface area contributed by atoms with E-state index in [1.54, 1.807) is 13.0 Å². The molecule has 0 saturated carbocycles. The van der Waals surface area contributed by atoms with Crippen molar-refractivity contribution in [3.05, 3.63) is 39.6 Å². The number of rotatable bonds is 2. The summed E-state index contributed by atoms with van der Waals surface area (Å²) >= 11 is 0. The molecule has 0 amide bonds. The van der Waals surface area contributed by atoms with Crippen molar-refractivity contribution < 1.29 is 14.1 Å². The molecule has 0 aliphatic heterocycles. The van der Waals surface area contributed by atoms with Crippen LogP contribution in [0, 0.1) is 17.0 Å². The summed E-state index contributed by atoms with van der Waals surface area (Å²) in [6, 6.07) is 4.26. The Morgan fingerprint density at radius 1 is 1.40 bits per heavy atom. The fraction of sp³-hybridized carbons (Fsp3) is 0.100. The second-order valence-electron chi connectivity index (χ2n) is 3.19. The lowest BCUT2D eigenvalue weighted by molar-refractivity contribution is -0.384. The zero-order valence-corrected chi connectivity index (χ0v) is 7.89. The molecule has 0 saturated heterocycles. The fourth-order valence-electron chi connectivity index (χ4n) is 1.49. The zero-order valence-electron chi connectivity index (χ0n) is 7.89. The first-order chi connectivity index (χ1) is 7.11. The molecule has 1 aromatic heterocycles. The lowest BCUT2D eigenvalue weighted by Gasteiger charge is -1.94. The van der Waals surface area contributed by atoms with Gasteiger partial charge < -0.3 is 4.42 Å². The summed E-state index contributed by atoms with van der Waals surface area (Å²) < 4.78 is 5.27. The predicted molar refractivity (Wildman–Crippen MR) is 53.0 cm³/mol. The van der Waals surface area contributed by atoms with E-state index < -0.39 is 4.92 Å². The minimum Gasteiger partial charge on any atom is -0.461 e. The Balaban J connectivity index is 2.81. The Morgan fingerprint density at radius 2 is 2.13 bits per heavy atom. The van der Waals surface area contributed by atoms with Crippen LogP contribution in [-0.4, -0.2) is 11.2 Å². The third kappa shape index (κ3) is 1.48. The maximum Gasteiger partial charge on any atom is 0.271 e. The summed E-state index contributed by atoms with van der Waals surface area (Å²) in [5.41, 5.74) is 0.491. The van der Waals surface area contributed by atoms with Gasteiger partial charge in [-0.2, -0.15) is 0 Å². The highest BCUT2D eigenvalue weighted by molar-refractivity contribution is 5.96. The molecule has 76 valence electrons. The summed E-state index contributed by atoms with van der Waals surface area (Å²) in [4.78, 5) is 20.8. The number of aldehydes is 1. The summed E-state index contributed by atoms with van der Waals surface area (Å²) in [6.07, 6.45) is 0.554. The molecule has 0 bridgehead atoms. The average molecular weight is 205 g/mol. The van der Waals surface area contributed by atoms with Crippen LogP contribution in [0.5, 0.6) is 0 Å². The quantitative estimate of drug-likeness (QED) is 0.428. The van der Waals surface area contributed by atoms with Crippen LogP contribution in [0.3, 0.4) is 0 Å². The molecule has 0 spiro atoms. The maximum atomic E-state index is 10.7. The smallest absolute Gasteiger partial charge is 0.271 e. The number of benzene rings is 1. The SMILES string of the molecule is Cc1cc2cc([N+](=O)[O-])cc(C=O)c2o1. The number of non-ortho nitro benzene ring substituents is 1. The molecule has 2 aromatic rings. The van der Waals surface area contributed by atoms with Crippen LogP contribution in [0.15, 0.2) is 22.6 Å². The number of fused-ring (bicyclic) bond motifs is 1. The number of aryl methyl sites for hydroxylation is 1. The number of hydrogen-bond donors (Lipinski definition) is 0. The van der Waals surface area contributed by atoms with E-state index in [-0.39, 0.29) is 11.3 Å². The molecule has 0 fully saturated rings. The fourth-order valence-corrected chi connectivity index (χ4v) is 1.49. The van der Waals surface area contributed by atoms with Crippen LogP contribution >= 0.6 is 0 Å². The molecule has 0 radical (unpaired) electrons. The highest BCUT2D eigenvalue weighted by Gasteiger charge is 2.14. The lowest BCUT2D eigenvalue weighted by atomic mass is 10.1. The van der Waals surface area contributed by atoms with E-state index >= 15 is 0 Å². The van der Waals surface area contributed by atoms with Crippen molar-refractivity contribution in [3.8, 4) is 0 Å². The second kappa shape index (κ2) is 3.20. The van der Waals surface area contributed by atoms with Gasteiger partial charge in [0.1, 0.15) is 11.3 Å². The van der Waals surface area contributed by atoms with Crippen molar-refractivity contribution in [3.63, 3.8) is 0 Å². The van der Waals surface area contributed by atoms with Crippen LogP contribution < -0.4 is 0 Å². The van der Waals surface area contributed by atoms with Gasteiger partial charge in [-0.3, -0.25) is 14.9 Å². The summed E-state index contributed by atoms with van der Waals surface area (Å²) in [5.74, 6) is 0.619. The third-order valence-corrected chi connectivity index (χ3v) is 2.09. The summed E-state index contributed by atoms with van der Waals surface area (Å²) in [5, 5.41) is 11.2. The van der Waals surface area contributed by atoms with E-state index in [4.69, 9.17) is 4.42 Å². The van der Waals surface area contributed by atoms with Gasteiger partial charge in [0.05, 0.1) is 10.5 Å². The topological polar surface area (TPSA) is 73.3 Å². The number of carbonyl (C=O) groups is 1. The van der Waals surface area contributed by atoms with Crippen LogP contribution in [0.25, 0.3) is 11.0 Å². The minimum atomic E-state index is -0.533. The van der Waals surface area contributed by atoms with E-state index in [1.165, 1.54) is 12.1 Å². The largest absolute Gasteiger partial charge is 0.461 e. The number of furan rings is 1. The van der Waals surface area contributed by atoms with Gasteiger partial charge in [-0.25, -0.2) is 0 Å². The van der Waals surface area contributed by atoms with Gasteiger partial charge in [-0.15, -0.1) is 0 Å². The van der Waals surface area contributed by atoms with E-state index in [1.807, 2.05) is 0 Å². The van der Waals surface area contributed by atoms with Crippen molar-refractivity contribution in [2.45, 2.75) is 6.92 Å². The monoisotopic (exact) mass is 205 g/mol. The predicted octanol–water partition coefficient (Wildman–Crippen LogP) is 2.46. The van der Waals surface area contributed by atoms with Crippen LogP contribution in [0.2, 0.25) is 0 Å². The molecular weight excluding hydrogens is 198 g/mol. The Kier molecular flexibility index (Phi) is 2.00. The van der Waals surface area contributed by atoms with Gasteiger partial charge in [0.2, 0.25) is 0 Å². The highest BCUT2D eigenvalue weighted by Crippen LogP contribution is 2.27. The standard InChI is InChI=1S/C10H7NO4/c1-6-2-7-3-9(11(13)14)4-8(5-12)10(7)15-6/h2-5H,1H3. The number of nitrogens with zero attached hydrogens (tertiary/aromatic N) is 1. The van der Waals surface area contributed by atoms with E-state index in [0.29, 0.717) is 23.0 Å². The lowest BCUT2D eigenvalue weighted by Crippen LogP contribution is -1.90. The molecule has 0 aliphatic carbocycles. The van der Waals surface area contributed by atoms with Gasteiger partial charge >= 0.3 is 0 Å². The van der Waals surface area contributed by atoms with Gasteiger partial charge in [0, 0.05) is 17.5 Å². The normalized spacial score (nSPS) is 10.5. The summed E-state index contributed by atoms with van der Waals surface area (Å²) in [6.45, 7) is 1.72. The maximum absolute atomic E-state index is 10.7. The number of carbonyl (C=O) groups excluding carboxylic acids is 1. The Morgan fingerprint density at radius 3 is 2.73 bits per heavy atom. The first kappa shape index (κ1) is 9.39. The van der Waals surface area contributed by atoms with E-state index in [2.05, 4.69) is 0 Å². The number of nitro groups is 1. The molecule has 1 heterocycles. The molecule has 0 atom stereocenters. The van der Waals surface area contributed by atoms with Crippen molar-refractivity contribution in [2.24, 2.45) is 0 Å². The molecule has 0 N–H and O–H groups in total. The molecule has 15 heavy (non-hydrogen) atoms. The molecule has 0 aliphatic rings. The van der Waals surface area contributed by atoms with Gasteiger partial charge in [-0.05, 0) is 13.0 Å². The molecule has 5 heteroatoms. The number of hydrogen-bond acceptors (Lipinski definition) is 4. The minimum absolute atomic E-state index is 0.106. The van der Waals surface area contributed by atoms with Crippen molar-refractivity contribution in [1.29, 1.82) is 0 Å². The number of nitro benzene ring substituents is 1. The first-order valence-corrected chi connectivity index (χ1v) is 4.25. The van der Waals surface area contributed by atoms with Crippen LogP contribution in [0.1, 0.15) is 16.1 Å². The second-order valence-corrected chi connectivity index (χ2v) is 3.19. The Hall–Kier alpha value is -2.17. The van der Waals surface area contributed by atoms with E-state index in [9.17, 15) is 14.9 Å². The molecule has 1 aromatic carbocycles. The molecule has 2 rings (SSSR count). The van der Waals surface area contributed by atoms with Crippen molar-refractivity contribution >= 4 is 22.9 Å². The molecular formula is C10H7NO4. The molecule has 5 nitrogen and oxygen atoms in total. The zero-order chi connectivity index (χ0) is 11.0. The van der Waals surface area contributed by atoms with Crippen LogP contribution in [-0.2, 0) is 0 Å². The Labute approximate surface area is 84.5 Å². The van der Waals surface area contributed by atoms with Crippen molar-refractivity contribution in [1.82, 2.24) is 0 Å². The van der Waals surface area contributed by atoms with E-state index in [0.717, 1.165) is 0 Å². The van der Waals surface area contributed by atoms with Crippen LogP contribution in [0.4, 0.5) is 5.69 Å².